The van der Waals surface area contributed by atoms with Gasteiger partial charge in [0.2, 0.25) is 11.7 Å². The zero-order chi connectivity index (χ0) is 18.4. The predicted octanol–water partition coefficient (Wildman–Crippen LogP) is -3.13. The second-order valence-electron chi connectivity index (χ2n) is 5.14. The Kier molecular flexibility index (Phi) is 6.95. The number of nitrogens with one attached hydrogen (secondary N) is 1. The van der Waals surface area contributed by atoms with Crippen LogP contribution in [0.4, 0.5) is 0 Å². The summed E-state index contributed by atoms with van der Waals surface area (Å²) in [6.45, 7) is 0.578. The van der Waals surface area contributed by atoms with Crippen LogP contribution < -0.4 is 16.8 Å². The quantitative estimate of drug-likeness (QED) is 0.204. The van der Waals surface area contributed by atoms with Gasteiger partial charge in [-0.2, -0.15) is 0 Å². The number of hydrogen-bond acceptors (Lipinski definition) is 7. The van der Waals surface area contributed by atoms with Crippen LogP contribution in [0.2, 0.25) is 0 Å². The SMILES string of the molecule is CO[C@@H]([C@@H]1OC(C(=O)O)=C[C@H](N=[14C](N)N)[C@H]1NC(C)=O)[C@H](O)CO. The Bertz CT molecular complexity index is 532. The number of ether oxygens (including phenoxy) is 2. The lowest BCUT2D eigenvalue weighted by Gasteiger charge is -2.39. The van der Waals surface area contributed by atoms with E-state index in [1.165, 1.54) is 14.0 Å². The highest BCUT2D eigenvalue weighted by Crippen LogP contribution is 2.26. The molecule has 1 aliphatic rings. The van der Waals surface area contributed by atoms with Gasteiger partial charge in [-0.05, 0) is 6.08 Å². The van der Waals surface area contributed by atoms with Crippen LogP contribution in [-0.2, 0) is 19.1 Å². The molecule has 0 aromatic heterocycles. The summed E-state index contributed by atoms with van der Waals surface area (Å²) in [5.41, 5.74) is 10.7. The minimum atomic E-state index is -1.38. The zero-order valence-electron chi connectivity index (χ0n) is 13.2. The number of aliphatic hydroxyl groups excluding tert-OH is 2. The second-order valence-corrected chi connectivity index (χ2v) is 5.14. The van der Waals surface area contributed by atoms with E-state index in [1.807, 2.05) is 0 Å². The van der Waals surface area contributed by atoms with Gasteiger partial charge in [-0.25, -0.2) is 9.79 Å². The van der Waals surface area contributed by atoms with Crippen molar-refractivity contribution in [3.05, 3.63) is 11.8 Å². The normalized spacial score (nSPS) is 25.7. The molecule has 0 aromatic rings. The topological polar surface area (TPSA) is 190 Å². The van der Waals surface area contributed by atoms with E-state index in [-0.39, 0.29) is 5.96 Å². The van der Waals surface area contributed by atoms with Crippen molar-refractivity contribution >= 4 is 17.8 Å². The van der Waals surface area contributed by atoms with E-state index in [1.54, 1.807) is 0 Å². The molecule has 1 rings (SSSR count). The van der Waals surface area contributed by atoms with Gasteiger partial charge in [-0.3, -0.25) is 4.79 Å². The Hall–Kier alpha value is -2.37. The Morgan fingerprint density at radius 1 is 1.54 bits per heavy atom. The number of aliphatic hydroxyl groups is 2. The Morgan fingerprint density at radius 2 is 2.17 bits per heavy atom. The first-order valence-electron chi connectivity index (χ1n) is 7.00. The number of carbonyl (C=O) groups excluding carboxylic acids is 1. The smallest absolute Gasteiger partial charge is 0.370 e. The third kappa shape index (κ3) is 4.81. The van der Waals surface area contributed by atoms with Crippen molar-refractivity contribution < 1.29 is 34.4 Å². The Morgan fingerprint density at radius 3 is 2.58 bits per heavy atom. The van der Waals surface area contributed by atoms with E-state index in [0.29, 0.717) is 0 Å². The van der Waals surface area contributed by atoms with Crippen LogP contribution in [-0.4, -0.2) is 77.3 Å². The fourth-order valence-electron chi connectivity index (χ4n) is 2.41. The predicted molar refractivity (Wildman–Crippen MR) is 81.7 cm³/mol. The van der Waals surface area contributed by atoms with Gasteiger partial charge in [-0.15, -0.1) is 0 Å². The minimum absolute atomic E-state index is 0.325. The molecule has 1 aliphatic heterocycles. The van der Waals surface area contributed by atoms with Gasteiger partial charge in [0.1, 0.15) is 12.2 Å². The summed E-state index contributed by atoms with van der Waals surface area (Å²) in [6.07, 6.45) is -2.56. The number of carbonyl (C=O) groups is 2. The van der Waals surface area contributed by atoms with Crippen molar-refractivity contribution in [3.63, 3.8) is 0 Å². The lowest BCUT2D eigenvalue weighted by molar-refractivity contribution is -0.149. The number of hydrogen-bond donors (Lipinski definition) is 6. The maximum atomic E-state index is 11.5. The molecule has 8 N–H and O–H groups in total. The van der Waals surface area contributed by atoms with Crippen molar-refractivity contribution in [2.45, 2.75) is 37.3 Å². The van der Waals surface area contributed by atoms with Gasteiger partial charge in [0.05, 0.1) is 18.7 Å². The number of methoxy groups -OCH3 is 1. The van der Waals surface area contributed by atoms with Gasteiger partial charge in [0.15, 0.2) is 12.1 Å². The van der Waals surface area contributed by atoms with Crippen LogP contribution >= 0.6 is 0 Å². The third-order valence-electron chi connectivity index (χ3n) is 3.35. The number of aliphatic carboxylic acids is 1. The molecule has 0 spiro atoms. The van der Waals surface area contributed by atoms with Crippen LogP contribution in [0.15, 0.2) is 16.8 Å². The van der Waals surface area contributed by atoms with Crippen molar-refractivity contribution in [3.8, 4) is 0 Å². The van der Waals surface area contributed by atoms with Gasteiger partial charge in [0.25, 0.3) is 0 Å². The van der Waals surface area contributed by atoms with Crippen LogP contribution in [0.5, 0.6) is 0 Å². The summed E-state index contributed by atoms with van der Waals surface area (Å²) in [6, 6.07) is -1.90. The highest BCUT2D eigenvalue weighted by molar-refractivity contribution is 5.85. The van der Waals surface area contributed by atoms with E-state index in [2.05, 4.69) is 10.3 Å². The Balaban J connectivity index is 3.34. The summed E-state index contributed by atoms with van der Waals surface area (Å²) >= 11 is 0. The molecule has 0 saturated carbocycles. The molecular formula is C13H22N4O7. The number of carboxylic acids is 1. The molecule has 11 heteroatoms. The first kappa shape index (κ1) is 19.7. The highest BCUT2D eigenvalue weighted by atomic mass is 16.6. The summed E-state index contributed by atoms with van der Waals surface area (Å²) in [4.78, 5) is 26.6. The third-order valence-corrected chi connectivity index (χ3v) is 3.35. The molecular weight excluding hydrogens is 326 g/mol. The molecule has 5 atom stereocenters. The molecule has 136 valence electrons. The van der Waals surface area contributed by atoms with Gasteiger partial charge >= 0.3 is 5.97 Å². The number of nitrogens with two attached hydrogens (primary N) is 2. The molecule has 1 heterocycles. The van der Waals surface area contributed by atoms with Crippen molar-refractivity contribution in [2.75, 3.05) is 13.7 Å². The molecule has 0 aliphatic carbocycles. The standard InChI is InChI=1S/C13H22N4O7/c1-5(19)16-9-6(17-13(14)15)3-8(12(21)22)24-11(9)10(23-2)7(20)4-18/h3,6-7,9-11,18,20H,4H2,1-2H3,(H,16,19)(H,21,22)(H4,14,15,17)/t6-,7+,9+,10+,11+/m0/s1/i13+2. The first-order chi connectivity index (χ1) is 11.2. The van der Waals surface area contributed by atoms with E-state index in [0.717, 1.165) is 6.08 Å². The van der Waals surface area contributed by atoms with Crippen molar-refractivity contribution in [1.29, 1.82) is 0 Å². The number of aliphatic imine (C=N–C) groups is 1. The number of carboxylic acid groups (broad SMARTS) is 1. The van der Waals surface area contributed by atoms with Gasteiger partial charge in [0, 0.05) is 14.0 Å². The lowest BCUT2D eigenvalue weighted by Crippen LogP contribution is -2.60. The number of guanidine groups is 1. The van der Waals surface area contributed by atoms with Gasteiger partial charge in [-0.1, -0.05) is 0 Å². The minimum Gasteiger partial charge on any atom is -0.478 e. The summed E-state index contributed by atoms with van der Waals surface area (Å²) in [5, 5.41) is 30.8. The van der Waals surface area contributed by atoms with E-state index in [4.69, 9.17) is 26.0 Å². The van der Waals surface area contributed by atoms with Crippen LogP contribution in [0.3, 0.4) is 0 Å². The molecule has 11 nitrogen and oxygen atoms in total. The average Bonchev–Trinajstić information content (AvgIpc) is 2.49. The van der Waals surface area contributed by atoms with Gasteiger partial charge < -0.3 is 41.6 Å². The van der Waals surface area contributed by atoms with E-state index < -0.39 is 54.6 Å². The fraction of sp³-hybridized carbons (Fsp3) is 0.615. The fourth-order valence-corrected chi connectivity index (χ4v) is 2.41. The summed E-state index contributed by atoms with van der Waals surface area (Å²) in [5.74, 6) is -2.63. The van der Waals surface area contributed by atoms with Crippen molar-refractivity contribution in [1.82, 2.24) is 5.32 Å². The average molecular weight is 348 g/mol. The summed E-state index contributed by atoms with van der Waals surface area (Å²) in [7, 11) is 1.24. The highest BCUT2D eigenvalue weighted by Gasteiger charge is 2.44. The number of nitrogens with zero attached hydrogens (tertiary/aromatic N) is 1. The molecule has 0 bridgehead atoms. The molecule has 0 unspecified atom stereocenters. The monoisotopic (exact) mass is 348 g/mol. The van der Waals surface area contributed by atoms with Crippen LogP contribution in [0, 0.1) is 0 Å². The van der Waals surface area contributed by atoms with Crippen LogP contribution in [0.1, 0.15) is 6.92 Å². The lowest BCUT2D eigenvalue weighted by atomic mass is 9.92. The summed E-state index contributed by atoms with van der Waals surface area (Å²) < 4.78 is 10.5. The first-order valence-corrected chi connectivity index (χ1v) is 7.00. The number of amides is 1. The second kappa shape index (κ2) is 8.47. The molecule has 24 heavy (non-hydrogen) atoms. The molecule has 0 radical (unpaired) electrons. The maximum Gasteiger partial charge on any atom is 0.370 e. The van der Waals surface area contributed by atoms with Crippen molar-refractivity contribution in [2.24, 2.45) is 16.5 Å². The van der Waals surface area contributed by atoms with E-state index in [9.17, 15) is 19.8 Å². The maximum absolute atomic E-state index is 11.5. The molecule has 0 saturated heterocycles. The van der Waals surface area contributed by atoms with Crippen LogP contribution in [0.25, 0.3) is 0 Å². The molecule has 1 amide bonds. The zero-order valence-corrected chi connectivity index (χ0v) is 13.2. The molecule has 0 aromatic carbocycles. The number of rotatable bonds is 7. The van der Waals surface area contributed by atoms with E-state index >= 15 is 0 Å². The Labute approximate surface area is 137 Å². The molecule has 0 fully saturated rings. The largest absolute Gasteiger partial charge is 0.478 e.